The summed E-state index contributed by atoms with van der Waals surface area (Å²) in [6.07, 6.45) is 14.7. The Morgan fingerprint density at radius 2 is 1.65 bits per heavy atom. The second-order valence-corrected chi connectivity index (χ2v) is 8.26. The second kappa shape index (κ2) is 7.41. The minimum atomic E-state index is 0.661. The van der Waals surface area contributed by atoms with Gasteiger partial charge < -0.3 is 0 Å². The van der Waals surface area contributed by atoms with Crippen molar-refractivity contribution in [2.75, 3.05) is 0 Å². The van der Waals surface area contributed by atoms with Gasteiger partial charge >= 0.3 is 0 Å². The third kappa shape index (κ3) is 3.24. The molecule has 0 heteroatoms. The third-order valence-electron chi connectivity index (χ3n) is 7.17. The highest BCUT2D eigenvalue weighted by atomic mass is 14.5. The number of hydrogen-bond acceptors (Lipinski definition) is 0. The summed E-state index contributed by atoms with van der Waals surface area (Å²) in [5, 5.41) is 0. The van der Waals surface area contributed by atoms with Crippen molar-refractivity contribution in [1.82, 2.24) is 0 Å². The van der Waals surface area contributed by atoms with Gasteiger partial charge in [-0.1, -0.05) is 70.7 Å². The molecule has 0 amide bonds. The fourth-order valence-corrected chi connectivity index (χ4v) is 6.04. The van der Waals surface area contributed by atoms with Crippen molar-refractivity contribution in [3.8, 4) is 0 Å². The van der Waals surface area contributed by atoms with E-state index in [1.54, 1.807) is 11.1 Å². The molecule has 0 aliphatic heterocycles. The van der Waals surface area contributed by atoms with Crippen LogP contribution in [0.2, 0.25) is 0 Å². The molecule has 0 saturated heterocycles. The molecule has 3 aliphatic rings. The van der Waals surface area contributed by atoms with E-state index >= 15 is 0 Å². The number of benzene rings is 1. The zero-order valence-electron chi connectivity index (χ0n) is 15.6. The first-order chi connectivity index (χ1) is 11.3. The first-order valence-electron chi connectivity index (χ1n) is 10.4. The molecule has 1 aromatic rings. The lowest BCUT2D eigenvalue weighted by molar-refractivity contribution is 0.00994. The third-order valence-corrected chi connectivity index (χ3v) is 7.17. The normalized spacial score (nSPS) is 36.2. The van der Waals surface area contributed by atoms with Gasteiger partial charge in [-0.2, -0.15) is 0 Å². The van der Waals surface area contributed by atoms with E-state index in [9.17, 15) is 0 Å². The lowest BCUT2D eigenvalue weighted by Gasteiger charge is -2.53. The van der Waals surface area contributed by atoms with Crippen molar-refractivity contribution in [1.29, 1.82) is 0 Å². The molecule has 23 heavy (non-hydrogen) atoms. The topological polar surface area (TPSA) is 0 Å². The molecule has 3 aliphatic carbocycles. The van der Waals surface area contributed by atoms with E-state index in [1.165, 1.54) is 64.2 Å². The maximum atomic E-state index is 2.64. The quantitative estimate of drug-likeness (QED) is 0.478. The molecule has 1 aromatic carbocycles. The van der Waals surface area contributed by atoms with Gasteiger partial charge in [-0.3, -0.25) is 0 Å². The van der Waals surface area contributed by atoms with Crippen molar-refractivity contribution in [2.45, 2.75) is 90.9 Å². The van der Waals surface area contributed by atoms with Crippen LogP contribution in [0.1, 0.15) is 95.6 Å². The van der Waals surface area contributed by atoms with Gasteiger partial charge in [0.15, 0.2) is 0 Å². The molecule has 0 unspecified atom stereocenters. The SMILES string of the molecule is CC.C[C@]12CCCCCC[C@@H]1[C@H]1CCc3ccccc3[C@@H]1CC2. The molecule has 0 nitrogen and oxygen atoms in total. The largest absolute Gasteiger partial charge is 0.0683 e. The maximum absolute atomic E-state index is 2.64. The Hall–Kier alpha value is -0.780. The maximum Gasteiger partial charge on any atom is -0.0128 e. The summed E-state index contributed by atoms with van der Waals surface area (Å²) in [6, 6.07) is 9.34. The molecule has 0 aromatic heterocycles. The molecule has 0 bridgehead atoms. The summed E-state index contributed by atoms with van der Waals surface area (Å²) in [5.74, 6) is 2.87. The van der Waals surface area contributed by atoms with E-state index in [0.29, 0.717) is 5.41 Å². The van der Waals surface area contributed by atoms with Crippen LogP contribution in [0.4, 0.5) is 0 Å². The van der Waals surface area contributed by atoms with E-state index in [0.717, 1.165) is 17.8 Å². The lowest BCUT2D eigenvalue weighted by atomic mass is 9.52. The first kappa shape index (κ1) is 17.1. The smallest absolute Gasteiger partial charge is 0.0128 e. The summed E-state index contributed by atoms with van der Waals surface area (Å²) in [7, 11) is 0. The molecule has 0 N–H and O–H groups in total. The lowest BCUT2D eigenvalue weighted by Crippen LogP contribution is -2.43. The molecular weight excluding hydrogens is 276 g/mol. The average Bonchev–Trinajstić information content (AvgIpc) is 2.58. The monoisotopic (exact) mass is 312 g/mol. The Bertz CT molecular complexity index is 503. The van der Waals surface area contributed by atoms with Crippen LogP contribution < -0.4 is 0 Å². The fraction of sp³-hybridized carbons (Fsp3) is 0.739. The van der Waals surface area contributed by atoms with Gasteiger partial charge in [0.1, 0.15) is 0 Å². The average molecular weight is 313 g/mol. The van der Waals surface area contributed by atoms with Crippen LogP contribution >= 0.6 is 0 Å². The summed E-state index contributed by atoms with van der Waals surface area (Å²) in [5.41, 5.74) is 4.04. The van der Waals surface area contributed by atoms with Crippen LogP contribution in [0.15, 0.2) is 24.3 Å². The Kier molecular flexibility index (Phi) is 5.49. The molecule has 2 fully saturated rings. The van der Waals surface area contributed by atoms with E-state index in [1.807, 2.05) is 13.8 Å². The van der Waals surface area contributed by atoms with Gasteiger partial charge in [0.25, 0.3) is 0 Å². The van der Waals surface area contributed by atoms with Crippen molar-refractivity contribution < 1.29 is 0 Å². The number of rotatable bonds is 0. The molecule has 0 spiro atoms. The van der Waals surface area contributed by atoms with Crippen LogP contribution in [0.25, 0.3) is 0 Å². The zero-order valence-corrected chi connectivity index (χ0v) is 15.6. The fourth-order valence-electron chi connectivity index (χ4n) is 6.04. The zero-order chi connectivity index (χ0) is 16.3. The Morgan fingerprint density at radius 1 is 0.870 bits per heavy atom. The van der Waals surface area contributed by atoms with Crippen LogP contribution in [0.3, 0.4) is 0 Å². The molecular formula is C23H36. The van der Waals surface area contributed by atoms with Crippen LogP contribution in [-0.4, -0.2) is 0 Å². The summed E-state index contributed by atoms with van der Waals surface area (Å²) >= 11 is 0. The van der Waals surface area contributed by atoms with Gasteiger partial charge in [-0.15, -0.1) is 0 Å². The van der Waals surface area contributed by atoms with Crippen molar-refractivity contribution in [3.63, 3.8) is 0 Å². The predicted octanol–water partition coefficient (Wildman–Crippen LogP) is 7.13. The number of aryl methyl sites for hydroxylation is 1. The van der Waals surface area contributed by atoms with Crippen LogP contribution in [0.5, 0.6) is 0 Å². The van der Waals surface area contributed by atoms with Gasteiger partial charge in [-0.25, -0.2) is 0 Å². The Labute approximate surface area is 144 Å². The van der Waals surface area contributed by atoms with E-state index in [-0.39, 0.29) is 0 Å². The predicted molar refractivity (Wildman–Crippen MR) is 101 cm³/mol. The minimum Gasteiger partial charge on any atom is -0.0683 e. The number of hydrogen-bond donors (Lipinski definition) is 0. The van der Waals surface area contributed by atoms with Gasteiger partial charge in [0.05, 0.1) is 0 Å². The standard InChI is InChI=1S/C21H30.C2H6/c1-21-14-7-3-2-4-10-20(21)19-12-11-16-8-5-6-9-17(16)18(19)13-15-21;1-2/h5-6,8-9,18-20H,2-4,7,10-15H2,1H3;1-2H3/t18-,19-,20+,21+;/m0./s1. The van der Waals surface area contributed by atoms with E-state index < -0.39 is 0 Å². The van der Waals surface area contributed by atoms with Crippen molar-refractivity contribution >= 4 is 0 Å². The van der Waals surface area contributed by atoms with Crippen LogP contribution in [-0.2, 0) is 6.42 Å². The summed E-state index contributed by atoms with van der Waals surface area (Å²) in [6.45, 7) is 6.64. The van der Waals surface area contributed by atoms with Crippen LogP contribution in [0, 0.1) is 17.3 Å². The summed E-state index contributed by atoms with van der Waals surface area (Å²) in [4.78, 5) is 0. The van der Waals surface area contributed by atoms with Crippen molar-refractivity contribution in [3.05, 3.63) is 35.4 Å². The molecule has 0 heterocycles. The van der Waals surface area contributed by atoms with Gasteiger partial charge in [-0.05, 0) is 72.8 Å². The van der Waals surface area contributed by atoms with Gasteiger partial charge in [0, 0.05) is 0 Å². The highest BCUT2D eigenvalue weighted by molar-refractivity contribution is 5.34. The second-order valence-electron chi connectivity index (χ2n) is 8.26. The van der Waals surface area contributed by atoms with Crippen molar-refractivity contribution in [2.24, 2.45) is 17.3 Å². The molecule has 4 atom stereocenters. The van der Waals surface area contributed by atoms with E-state index in [4.69, 9.17) is 0 Å². The molecule has 2 saturated carbocycles. The first-order valence-corrected chi connectivity index (χ1v) is 10.4. The van der Waals surface area contributed by atoms with Gasteiger partial charge in [0.2, 0.25) is 0 Å². The molecule has 4 rings (SSSR count). The number of fused-ring (bicyclic) bond motifs is 5. The highest BCUT2D eigenvalue weighted by Gasteiger charge is 2.47. The Morgan fingerprint density at radius 3 is 2.52 bits per heavy atom. The summed E-state index contributed by atoms with van der Waals surface area (Å²) < 4.78 is 0. The molecule has 128 valence electrons. The minimum absolute atomic E-state index is 0.661. The molecule has 0 radical (unpaired) electrons. The highest BCUT2D eigenvalue weighted by Crippen LogP contribution is 2.58. The Balaban J connectivity index is 0.000000753. The van der Waals surface area contributed by atoms with E-state index in [2.05, 4.69) is 31.2 Å².